The molecule has 1 aromatic carbocycles. The fourth-order valence-electron chi connectivity index (χ4n) is 1.53. The number of halogens is 1. The molecule has 0 saturated heterocycles. The standard InChI is InChI=1S/C10H8ClN5S/c1-5-13-14-10-16(5)15-9(17-10)7-3-2-6(12)4-8(7)11/h2-4H,12H2,1H3. The van der Waals surface area contributed by atoms with Crippen LogP contribution in [0.4, 0.5) is 5.69 Å². The molecule has 0 amide bonds. The number of nitrogens with zero attached hydrogens (tertiary/aromatic N) is 4. The van der Waals surface area contributed by atoms with Crippen molar-refractivity contribution in [1.29, 1.82) is 0 Å². The lowest BCUT2D eigenvalue weighted by atomic mass is 10.2. The number of nitrogens with two attached hydrogens (primary N) is 1. The molecule has 0 aliphatic rings. The van der Waals surface area contributed by atoms with E-state index in [0.717, 1.165) is 21.4 Å². The van der Waals surface area contributed by atoms with Crippen LogP contribution in [0.5, 0.6) is 0 Å². The van der Waals surface area contributed by atoms with Crippen molar-refractivity contribution >= 4 is 33.6 Å². The minimum atomic E-state index is 0.590. The summed E-state index contributed by atoms with van der Waals surface area (Å²) in [5.74, 6) is 0.758. The van der Waals surface area contributed by atoms with Gasteiger partial charge in [-0.2, -0.15) is 9.61 Å². The Labute approximate surface area is 106 Å². The zero-order chi connectivity index (χ0) is 12.0. The van der Waals surface area contributed by atoms with Crippen molar-refractivity contribution in [2.24, 2.45) is 0 Å². The number of rotatable bonds is 1. The number of aromatic nitrogens is 4. The summed E-state index contributed by atoms with van der Waals surface area (Å²) >= 11 is 7.58. The third-order valence-electron chi connectivity index (χ3n) is 2.37. The zero-order valence-corrected chi connectivity index (χ0v) is 10.5. The number of fused-ring (bicyclic) bond motifs is 1. The molecule has 86 valence electrons. The first kappa shape index (κ1) is 10.5. The molecule has 0 unspecified atom stereocenters. The lowest BCUT2D eigenvalue weighted by Crippen LogP contribution is -1.90. The van der Waals surface area contributed by atoms with Gasteiger partial charge in [0.25, 0.3) is 0 Å². The predicted octanol–water partition coefficient (Wildman–Crippen LogP) is 2.40. The fourth-order valence-corrected chi connectivity index (χ4v) is 2.79. The van der Waals surface area contributed by atoms with Crippen molar-refractivity contribution in [3.8, 4) is 10.6 Å². The molecule has 0 atom stereocenters. The van der Waals surface area contributed by atoms with Gasteiger partial charge in [0.2, 0.25) is 4.96 Å². The van der Waals surface area contributed by atoms with E-state index in [-0.39, 0.29) is 0 Å². The normalized spacial score (nSPS) is 11.2. The van der Waals surface area contributed by atoms with Crippen LogP contribution in [0.1, 0.15) is 5.82 Å². The van der Waals surface area contributed by atoms with Crippen molar-refractivity contribution < 1.29 is 0 Å². The van der Waals surface area contributed by atoms with Crippen LogP contribution in [0.25, 0.3) is 15.5 Å². The summed E-state index contributed by atoms with van der Waals surface area (Å²) in [6.45, 7) is 1.86. The molecule has 0 radical (unpaired) electrons. The van der Waals surface area contributed by atoms with Gasteiger partial charge in [0, 0.05) is 11.3 Å². The van der Waals surface area contributed by atoms with Gasteiger partial charge >= 0.3 is 0 Å². The zero-order valence-electron chi connectivity index (χ0n) is 8.88. The molecule has 2 aromatic heterocycles. The van der Waals surface area contributed by atoms with E-state index in [9.17, 15) is 0 Å². The number of nitrogen functional groups attached to an aromatic ring is 1. The highest BCUT2D eigenvalue weighted by Gasteiger charge is 2.12. The van der Waals surface area contributed by atoms with E-state index in [1.807, 2.05) is 13.0 Å². The van der Waals surface area contributed by atoms with Gasteiger partial charge in [-0.1, -0.05) is 22.9 Å². The van der Waals surface area contributed by atoms with Gasteiger partial charge < -0.3 is 5.73 Å². The molecule has 2 heterocycles. The highest BCUT2D eigenvalue weighted by molar-refractivity contribution is 7.19. The number of hydrogen-bond donors (Lipinski definition) is 1. The van der Waals surface area contributed by atoms with Crippen molar-refractivity contribution in [2.75, 3.05) is 5.73 Å². The monoisotopic (exact) mass is 265 g/mol. The van der Waals surface area contributed by atoms with E-state index in [2.05, 4.69) is 15.3 Å². The SMILES string of the molecule is Cc1nnc2sc(-c3ccc(N)cc3Cl)nn12. The smallest absolute Gasteiger partial charge is 0.234 e. The molecule has 0 fully saturated rings. The molecule has 0 saturated carbocycles. The van der Waals surface area contributed by atoms with Crippen LogP contribution >= 0.6 is 22.9 Å². The van der Waals surface area contributed by atoms with Crippen LogP contribution in [0.15, 0.2) is 18.2 Å². The van der Waals surface area contributed by atoms with Gasteiger partial charge in [-0.3, -0.25) is 0 Å². The van der Waals surface area contributed by atoms with Gasteiger partial charge in [-0.25, -0.2) is 0 Å². The Morgan fingerprint density at radius 2 is 2.18 bits per heavy atom. The second-order valence-electron chi connectivity index (χ2n) is 3.59. The van der Waals surface area contributed by atoms with E-state index >= 15 is 0 Å². The first-order valence-corrected chi connectivity index (χ1v) is 6.09. The topological polar surface area (TPSA) is 69.1 Å². The summed E-state index contributed by atoms with van der Waals surface area (Å²) in [5, 5.41) is 13.8. The Morgan fingerprint density at radius 3 is 2.88 bits per heavy atom. The number of anilines is 1. The van der Waals surface area contributed by atoms with Crippen LogP contribution < -0.4 is 5.73 Å². The number of benzene rings is 1. The van der Waals surface area contributed by atoms with E-state index in [4.69, 9.17) is 17.3 Å². The highest BCUT2D eigenvalue weighted by atomic mass is 35.5. The van der Waals surface area contributed by atoms with Crippen molar-refractivity contribution in [1.82, 2.24) is 19.8 Å². The van der Waals surface area contributed by atoms with Gasteiger partial charge in [0.05, 0.1) is 5.02 Å². The van der Waals surface area contributed by atoms with Gasteiger partial charge in [0.15, 0.2) is 5.82 Å². The molecular weight excluding hydrogens is 258 g/mol. The van der Waals surface area contributed by atoms with Crippen molar-refractivity contribution in [3.63, 3.8) is 0 Å². The van der Waals surface area contributed by atoms with E-state index in [1.165, 1.54) is 11.3 Å². The van der Waals surface area contributed by atoms with Crippen molar-refractivity contribution in [2.45, 2.75) is 6.92 Å². The molecule has 0 aliphatic carbocycles. The van der Waals surface area contributed by atoms with Crippen LogP contribution in [-0.4, -0.2) is 19.8 Å². The summed E-state index contributed by atoms with van der Waals surface area (Å²) < 4.78 is 1.70. The summed E-state index contributed by atoms with van der Waals surface area (Å²) in [4.78, 5) is 0.755. The van der Waals surface area contributed by atoms with Crippen LogP contribution in [0.3, 0.4) is 0 Å². The summed E-state index contributed by atoms with van der Waals surface area (Å²) in [6, 6.07) is 5.38. The Hall–Kier alpha value is -1.66. The Kier molecular flexibility index (Phi) is 2.27. The Balaban J connectivity index is 2.20. The minimum absolute atomic E-state index is 0.590. The molecule has 5 nitrogen and oxygen atoms in total. The molecular formula is C10H8ClN5S. The quantitative estimate of drug-likeness (QED) is 0.686. The maximum Gasteiger partial charge on any atom is 0.234 e. The summed E-state index contributed by atoms with van der Waals surface area (Å²) in [7, 11) is 0. The molecule has 0 spiro atoms. The van der Waals surface area contributed by atoms with Crippen LogP contribution in [0, 0.1) is 6.92 Å². The van der Waals surface area contributed by atoms with Gasteiger partial charge in [0.1, 0.15) is 5.01 Å². The predicted molar refractivity (Wildman–Crippen MR) is 68.3 cm³/mol. The first-order chi connectivity index (χ1) is 8.15. The lowest BCUT2D eigenvalue weighted by Gasteiger charge is -2.00. The molecule has 2 N–H and O–H groups in total. The second-order valence-corrected chi connectivity index (χ2v) is 4.95. The summed E-state index contributed by atoms with van der Waals surface area (Å²) in [6.07, 6.45) is 0. The first-order valence-electron chi connectivity index (χ1n) is 4.89. The highest BCUT2D eigenvalue weighted by Crippen LogP contribution is 2.32. The maximum atomic E-state index is 6.14. The molecule has 0 bridgehead atoms. The average molecular weight is 266 g/mol. The minimum Gasteiger partial charge on any atom is -0.399 e. The van der Waals surface area contributed by atoms with Crippen LogP contribution in [-0.2, 0) is 0 Å². The second kappa shape index (κ2) is 3.68. The Morgan fingerprint density at radius 1 is 1.35 bits per heavy atom. The van der Waals surface area contributed by atoms with Gasteiger partial charge in [-0.05, 0) is 25.1 Å². The average Bonchev–Trinajstić information content (AvgIpc) is 2.81. The molecule has 7 heteroatoms. The van der Waals surface area contributed by atoms with E-state index < -0.39 is 0 Å². The molecule has 3 rings (SSSR count). The Bertz CT molecular complexity index is 702. The molecule has 3 aromatic rings. The van der Waals surface area contributed by atoms with Crippen LogP contribution in [0.2, 0.25) is 5.02 Å². The van der Waals surface area contributed by atoms with E-state index in [1.54, 1.807) is 16.6 Å². The number of hydrogen-bond acceptors (Lipinski definition) is 5. The molecule has 17 heavy (non-hydrogen) atoms. The largest absolute Gasteiger partial charge is 0.399 e. The third-order valence-corrected chi connectivity index (χ3v) is 3.62. The fraction of sp³-hybridized carbons (Fsp3) is 0.100. The third kappa shape index (κ3) is 1.65. The lowest BCUT2D eigenvalue weighted by molar-refractivity contribution is 0.898. The van der Waals surface area contributed by atoms with Crippen molar-refractivity contribution in [3.05, 3.63) is 29.0 Å². The molecule has 0 aliphatic heterocycles. The summed E-state index contributed by atoms with van der Waals surface area (Å²) in [5.41, 5.74) is 7.15. The van der Waals surface area contributed by atoms with Gasteiger partial charge in [-0.15, -0.1) is 10.2 Å². The van der Waals surface area contributed by atoms with E-state index in [0.29, 0.717) is 10.7 Å². The maximum absolute atomic E-state index is 6.14. The number of aryl methyl sites for hydroxylation is 1.